The molecule has 190 valence electrons. The van der Waals surface area contributed by atoms with E-state index in [0.29, 0.717) is 22.5 Å². The third-order valence-corrected chi connectivity index (χ3v) is 7.00. The number of nitrogens with one attached hydrogen (secondary N) is 2. The van der Waals surface area contributed by atoms with Crippen LogP contribution < -0.4 is 11.1 Å². The van der Waals surface area contributed by atoms with Crippen LogP contribution in [-0.2, 0) is 0 Å². The first-order chi connectivity index (χ1) is 18.3. The van der Waals surface area contributed by atoms with Crippen molar-refractivity contribution in [3.05, 3.63) is 125 Å². The first-order valence-corrected chi connectivity index (χ1v) is 13.2. The fourth-order valence-corrected chi connectivity index (χ4v) is 4.40. The summed E-state index contributed by atoms with van der Waals surface area (Å²) in [5.74, 6) is 0. The van der Waals surface area contributed by atoms with Gasteiger partial charge in [0.05, 0.1) is 33.9 Å². The number of rotatable bonds is 6. The fraction of sp³-hybridized carbons (Fsp3) is 0.0714. The number of hydrogen-bond acceptors (Lipinski definition) is 4. The zero-order valence-corrected chi connectivity index (χ0v) is 23.6. The molecular weight excluding hydrogens is 612 g/mol. The van der Waals surface area contributed by atoms with Crippen molar-refractivity contribution in [2.75, 3.05) is 0 Å². The molecule has 38 heavy (non-hydrogen) atoms. The maximum absolute atomic E-state index is 12.9. The van der Waals surface area contributed by atoms with Gasteiger partial charge in [0, 0.05) is 32.8 Å². The van der Waals surface area contributed by atoms with Gasteiger partial charge in [0.25, 0.3) is 11.1 Å². The van der Waals surface area contributed by atoms with Crippen LogP contribution in [0.5, 0.6) is 0 Å². The summed E-state index contributed by atoms with van der Waals surface area (Å²) in [6.45, 7) is 3.67. The highest BCUT2D eigenvalue weighted by atomic mass is 79.9. The lowest BCUT2D eigenvalue weighted by Crippen LogP contribution is -2.17. The van der Waals surface area contributed by atoms with E-state index in [1.165, 1.54) is 9.36 Å². The Morgan fingerprint density at radius 3 is 1.29 bits per heavy atom. The first kappa shape index (κ1) is 25.6. The van der Waals surface area contributed by atoms with Crippen LogP contribution in [0.15, 0.2) is 101 Å². The van der Waals surface area contributed by atoms with Gasteiger partial charge in [-0.2, -0.15) is 0 Å². The number of benzene rings is 3. The summed E-state index contributed by atoms with van der Waals surface area (Å²) in [6, 6.07) is 22.2. The molecule has 0 unspecified atom stereocenters. The number of nitrogens with zero attached hydrogens (tertiary/aromatic N) is 4. The van der Waals surface area contributed by atoms with Gasteiger partial charge in [-0.05, 0) is 86.6 Å². The van der Waals surface area contributed by atoms with Crippen molar-refractivity contribution in [1.29, 1.82) is 0 Å². The monoisotopic (exact) mass is 632 g/mol. The Balaban J connectivity index is 1.33. The van der Waals surface area contributed by atoms with Crippen molar-refractivity contribution >= 4 is 55.7 Å². The number of aromatic amines is 2. The summed E-state index contributed by atoms with van der Waals surface area (Å²) in [4.78, 5) is 34.8. The highest BCUT2D eigenvalue weighted by molar-refractivity contribution is 9.10. The highest BCUT2D eigenvalue weighted by Gasteiger charge is 2.12. The molecule has 2 N–H and O–H groups in total. The van der Waals surface area contributed by atoms with E-state index in [0.717, 1.165) is 31.7 Å². The number of aryl methyl sites for hydroxylation is 2. The predicted octanol–water partition coefficient (Wildman–Crippen LogP) is 6.29. The molecule has 2 aromatic heterocycles. The molecule has 10 heteroatoms. The topological polar surface area (TPSA) is 100 Å². The van der Waals surface area contributed by atoms with Crippen LogP contribution in [0.3, 0.4) is 0 Å². The van der Waals surface area contributed by atoms with Crippen LogP contribution in [0.1, 0.15) is 22.5 Å². The van der Waals surface area contributed by atoms with E-state index in [1.807, 2.05) is 86.6 Å². The SMILES string of the molecule is Cc1[nH]n(-c2ccc(Br)cc2)c(=O)c1C=Nc1ccc(N=Cc2c(C)[nH]n(-c3ccc(Br)cc3)c2=O)cc1. The van der Waals surface area contributed by atoms with Crippen molar-refractivity contribution < 1.29 is 0 Å². The summed E-state index contributed by atoms with van der Waals surface area (Å²) in [6.07, 6.45) is 3.13. The van der Waals surface area contributed by atoms with Gasteiger partial charge in [-0.25, -0.2) is 9.36 Å². The second-order valence-corrected chi connectivity index (χ2v) is 10.4. The Bertz CT molecular complexity index is 1640. The van der Waals surface area contributed by atoms with Crippen LogP contribution in [0.25, 0.3) is 11.4 Å². The van der Waals surface area contributed by atoms with Gasteiger partial charge in [0.2, 0.25) is 0 Å². The quantitative estimate of drug-likeness (QED) is 0.215. The average Bonchev–Trinajstić information content (AvgIpc) is 3.36. The second-order valence-electron chi connectivity index (χ2n) is 8.57. The van der Waals surface area contributed by atoms with E-state index in [-0.39, 0.29) is 11.1 Å². The minimum atomic E-state index is -0.176. The molecule has 2 heterocycles. The van der Waals surface area contributed by atoms with Gasteiger partial charge in [-0.1, -0.05) is 31.9 Å². The van der Waals surface area contributed by atoms with Gasteiger partial charge in [0.1, 0.15) is 0 Å². The van der Waals surface area contributed by atoms with E-state index in [2.05, 4.69) is 52.0 Å². The fourth-order valence-electron chi connectivity index (χ4n) is 3.87. The number of aliphatic imine (C=N–C) groups is 2. The largest absolute Gasteiger partial charge is 0.295 e. The minimum absolute atomic E-state index is 0.176. The lowest BCUT2D eigenvalue weighted by molar-refractivity contribution is 0.835. The van der Waals surface area contributed by atoms with Crippen molar-refractivity contribution in [1.82, 2.24) is 19.6 Å². The van der Waals surface area contributed by atoms with Gasteiger partial charge in [0.15, 0.2) is 0 Å². The molecule has 3 aromatic carbocycles. The Morgan fingerprint density at radius 1 is 0.605 bits per heavy atom. The van der Waals surface area contributed by atoms with Crippen molar-refractivity contribution in [3.8, 4) is 11.4 Å². The zero-order chi connectivity index (χ0) is 26.8. The zero-order valence-electron chi connectivity index (χ0n) is 20.4. The third-order valence-electron chi connectivity index (χ3n) is 5.94. The standard InChI is InChI=1S/C28H22Br2N6O2/c1-17-25(27(37)35(33-17)23-11-3-19(29)4-12-23)15-31-21-7-9-22(10-8-21)32-16-26-18(2)34-36(28(26)38)24-13-5-20(30)6-14-24/h3-16,33-34H,1-2H3. The van der Waals surface area contributed by atoms with Gasteiger partial charge in [-0.15, -0.1) is 0 Å². The molecule has 0 spiro atoms. The Kier molecular flexibility index (Phi) is 7.26. The molecule has 0 aliphatic rings. The highest BCUT2D eigenvalue weighted by Crippen LogP contribution is 2.19. The number of hydrogen-bond donors (Lipinski definition) is 2. The van der Waals surface area contributed by atoms with Crippen molar-refractivity contribution in [2.45, 2.75) is 13.8 Å². The summed E-state index contributed by atoms with van der Waals surface area (Å²) < 4.78 is 4.87. The lowest BCUT2D eigenvalue weighted by Gasteiger charge is -2.00. The van der Waals surface area contributed by atoms with Crippen LogP contribution in [0.2, 0.25) is 0 Å². The van der Waals surface area contributed by atoms with Crippen LogP contribution in [0, 0.1) is 13.8 Å². The number of halogens is 2. The third kappa shape index (κ3) is 5.32. The predicted molar refractivity (Wildman–Crippen MR) is 159 cm³/mol. The van der Waals surface area contributed by atoms with Gasteiger partial charge >= 0.3 is 0 Å². The Labute approximate surface area is 234 Å². The molecular formula is C28H22Br2N6O2. The molecule has 0 radical (unpaired) electrons. The Morgan fingerprint density at radius 2 is 0.947 bits per heavy atom. The van der Waals surface area contributed by atoms with E-state index in [1.54, 1.807) is 12.4 Å². The molecule has 0 atom stereocenters. The molecule has 8 nitrogen and oxygen atoms in total. The molecule has 0 saturated heterocycles. The molecule has 5 rings (SSSR count). The number of aromatic nitrogens is 4. The van der Waals surface area contributed by atoms with Crippen molar-refractivity contribution in [2.24, 2.45) is 9.98 Å². The molecule has 0 aliphatic heterocycles. The van der Waals surface area contributed by atoms with E-state index in [4.69, 9.17) is 0 Å². The van der Waals surface area contributed by atoms with Crippen molar-refractivity contribution in [3.63, 3.8) is 0 Å². The van der Waals surface area contributed by atoms with Crippen LogP contribution >= 0.6 is 31.9 Å². The average molecular weight is 634 g/mol. The maximum atomic E-state index is 12.9. The lowest BCUT2D eigenvalue weighted by atomic mass is 10.2. The summed E-state index contributed by atoms with van der Waals surface area (Å²) >= 11 is 6.81. The first-order valence-electron chi connectivity index (χ1n) is 11.6. The van der Waals surface area contributed by atoms with Crippen LogP contribution in [0.4, 0.5) is 11.4 Å². The maximum Gasteiger partial charge on any atom is 0.280 e. The van der Waals surface area contributed by atoms with Gasteiger partial charge in [-0.3, -0.25) is 29.8 Å². The summed E-state index contributed by atoms with van der Waals surface area (Å²) in [5, 5.41) is 6.19. The summed E-state index contributed by atoms with van der Waals surface area (Å²) in [7, 11) is 0. The molecule has 0 bridgehead atoms. The smallest absolute Gasteiger partial charge is 0.280 e. The molecule has 0 saturated carbocycles. The number of H-pyrrole nitrogens is 2. The molecule has 0 aliphatic carbocycles. The van der Waals surface area contributed by atoms with Crippen LogP contribution in [-0.4, -0.2) is 32.0 Å². The molecule has 5 aromatic rings. The molecule has 0 amide bonds. The van der Waals surface area contributed by atoms with E-state index < -0.39 is 0 Å². The second kappa shape index (κ2) is 10.8. The van der Waals surface area contributed by atoms with Gasteiger partial charge < -0.3 is 0 Å². The normalized spacial score (nSPS) is 11.7. The van der Waals surface area contributed by atoms with E-state index in [9.17, 15) is 9.59 Å². The molecule has 0 fully saturated rings. The van der Waals surface area contributed by atoms with E-state index >= 15 is 0 Å². The summed E-state index contributed by atoms with van der Waals surface area (Å²) in [5.41, 5.74) is 4.89. The minimum Gasteiger partial charge on any atom is -0.295 e. The Hall–Kier alpha value is -4.02.